The van der Waals surface area contributed by atoms with Gasteiger partial charge in [-0.3, -0.25) is 29.4 Å². The lowest BCUT2D eigenvalue weighted by Crippen LogP contribution is -2.36. The van der Waals surface area contributed by atoms with Crippen LogP contribution in [0.2, 0.25) is 5.02 Å². The topological polar surface area (TPSA) is 119 Å². The average molecular weight is 671 g/mol. The zero-order chi connectivity index (χ0) is 30.1. The molecular weight excluding hydrogens is 655 g/mol. The predicted octanol–water partition coefficient (Wildman–Crippen LogP) is 7.81. The maximum Gasteiger partial charge on any atom is 0.416 e. The second-order valence-electron chi connectivity index (χ2n) is 8.51. The first-order chi connectivity index (χ1) is 19.2. The maximum absolute atomic E-state index is 13.0. The summed E-state index contributed by atoms with van der Waals surface area (Å²) in [6.07, 6.45) is -3.37. The number of rotatable bonds is 7. The number of carbonyl (C=O) groups excluding carboxylic acids is 3. The van der Waals surface area contributed by atoms with Crippen molar-refractivity contribution in [3.05, 3.63) is 95.8 Å². The summed E-state index contributed by atoms with van der Waals surface area (Å²) in [5.41, 5.74) is -0.430. The number of hydrogen-bond donors (Lipinski definition) is 1. The van der Waals surface area contributed by atoms with Crippen LogP contribution in [0.15, 0.2) is 64.0 Å². The van der Waals surface area contributed by atoms with Gasteiger partial charge >= 0.3 is 11.9 Å². The van der Waals surface area contributed by atoms with Crippen molar-refractivity contribution in [1.29, 1.82) is 0 Å². The molecule has 1 aliphatic rings. The fourth-order valence-electron chi connectivity index (χ4n) is 3.53. The van der Waals surface area contributed by atoms with Gasteiger partial charge in [-0.1, -0.05) is 23.7 Å². The first-order valence-corrected chi connectivity index (χ1v) is 13.4. The van der Waals surface area contributed by atoms with Gasteiger partial charge in [0.2, 0.25) is 11.7 Å². The number of alkyl halides is 3. The Morgan fingerprint density at radius 3 is 2.49 bits per heavy atom. The smallest absolute Gasteiger partial charge is 0.416 e. The van der Waals surface area contributed by atoms with Gasteiger partial charge in [0.15, 0.2) is 0 Å². The first-order valence-electron chi connectivity index (χ1n) is 11.4. The highest BCUT2D eigenvalue weighted by atomic mass is 79.9. The standard InChI is InChI=1S/C26H16BrClF3N3O6S/c1-13-2-5-16(11-18(13)28)32-23(35)12-33-24(36)22(41-25(33)37)9-14-3-6-20(17(27)8-14)40-21-7-4-15(26(29,30)31)10-19(21)34(38)39/h2-11H,12H2,1H3,(H,32,35)/b22-9+. The van der Waals surface area contributed by atoms with Crippen molar-refractivity contribution < 1.29 is 37.2 Å². The molecular formula is C26H16BrClF3N3O6S. The molecule has 9 nitrogen and oxygen atoms in total. The minimum absolute atomic E-state index is 0.0418. The van der Waals surface area contributed by atoms with Crippen LogP contribution < -0.4 is 10.1 Å². The average Bonchev–Trinajstić information content (AvgIpc) is 3.14. The molecule has 1 N–H and O–H groups in total. The molecule has 3 aromatic rings. The van der Waals surface area contributed by atoms with E-state index in [4.69, 9.17) is 16.3 Å². The van der Waals surface area contributed by atoms with Crippen LogP contribution in [-0.2, 0) is 15.8 Å². The van der Waals surface area contributed by atoms with Crippen LogP contribution in [0.5, 0.6) is 11.5 Å². The number of ether oxygens (including phenoxy) is 1. The Bertz CT molecular complexity index is 1630. The monoisotopic (exact) mass is 669 g/mol. The van der Waals surface area contributed by atoms with E-state index in [1.165, 1.54) is 24.3 Å². The molecule has 0 unspecified atom stereocenters. The minimum Gasteiger partial charge on any atom is -0.449 e. The van der Waals surface area contributed by atoms with Crippen LogP contribution in [0.25, 0.3) is 6.08 Å². The summed E-state index contributed by atoms with van der Waals surface area (Å²) >= 11 is 9.93. The van der Waals surface area contributed by atoms with E-state index in [9.17, 15) is 37.7 Å². The highest BCUT2D eigenvalue weighted by Gasteiger charge is 2.36. The Kier molecular flexibility index (Phi) is 8.75. The van der Waals surface area contributed by atoms with Gasteiger partial charge in [-0.15, -0.1) is 0 Å². The van der Waals surface area contributed by atoms with Gasteiger partial charge in [0.1, 0.15) is 12.3 Å². The third-order valence-electron chi connectivity index (χ3n) is 5.59. The van der Waals surface area contributed by atoms with Crippen LogP contribution in [0, 0.1) is 17.0 Å². The molecule has 0 bridgehead atoms. The number of nitro groups is 1. The molecule has 15 heteroatoms. The van der Waals surface area contributed by atoms with E-state index in [0.29, 0.717) is 40.2 Å². The molecule has 0 atom stereocenters. The van der Waals surface area contributed by atoms with Crippen LogP contribution >= 0.6 is 39.3 Å². The molecule has 0 aliphatic carbocycles. The van der Waals surface area contributed by atoms with Crippen LogP contribution in [0.4, 0.5) is 29.3 Å². The molecule has 1 heterocycles. The Balaban J connectivity index is 1.47. The van der Waals surface area contributed by atoms with Crippen molar-refractivity contribution >= 4 is 73.8 Å². The lowest BCUT2D eigenvalue weighted by Gasteiger charge is -2.13. The van der Waals surface area contributed by atoms with E-state index in [1.54, 1.807) is 25.1 Å². The van der Waals surface area contributed by atoms with Crippen LogP contribution in [0.3, 0.4) is 0 Å². The third-order valence-corrected chi connectivity index (χ3v) is 7.52. The lowest BCUT2D eigenvalue weighted by atomic mass is 10.1. The Morgan fingerprint density at radius 2 is 1.85 bits per heavy atom. The number of thioether (sulfide) groups is 1. The second kappa shape index (κ2) is 11.9. The zero-order valence-corrected chi connectivity index (χ0v) is 23.8. The number of nitrogens with one attached hydrogen (secondary N) is 1. The number of nitrogens with zero attached hydrogens (tertiary/aromatic N) is 2. The number of nitro benzene ring substituents is 1. The number of imide groups is 1. The Hall–Kier alpha value is -3.88. The van der Waals surface area contributed by atoms with Crippen molar-refractivity contribution in [1.82, 2.24) is 4.90 Å². The number of halogens is 5. The van der Waals surface area contributed by atoms with E-state index in [2.05, 4.69) is 21.2 Å². The van der Waals surface area contributed by atoms with Crippen molar-refractivity contribution in [3.63, 3.8) is 0 Å². The van der Waals surface area contributed by atoms with Gasteiger partial charge < -0.3 is 10.1 Å². The molecule has 0 radical (unpaired) electrons. The van der Waals surface area contributed by atoms with Gasteiger partial charge in [-0.25, -0.2) is 0 Å². The number of hydrogen-bond acceptors (Lipinski definition) is 7. The molecule has 0 spiro atoms. The second-order valence-corrected chi connectivity index (χ2v) is 10.8. The summed E-state index contributed by atoms with van der Waals surface area (Å²) in [5, 5.41) is 13.7. The van der Waals surface area contributed by atoms with Crippen molar-refractivity contribution in [2.75, 3.05) is 11.9 Å². The summed E-state index contributed by atoms with van der Waals surface area (Å²) < 4.78 is 44.7. The number of carbonyl (C=O) groups is 3. The van der Waals surface area contributed by atoms with Gasteiger partial charge in [0, 0.05) is 16.8 Å². The largest absolute Gasteiger partial charge is 0.449 e. The SMILES string of the molecule is Cc1ccc(NC(=O)CN2C(=O)S/C(=C/c3ccc(Oc4ccc(C(F)(F)F)cc4[N+](=O)[O-])c(Br)c3)C2=O)cc1Cl. The van der Waals surface area contributed by atoms with E-state index >= 15 is 0 Å². The van der Waals surface area contributed by atoms with Crippen LogP contribution in [-0.4, -0.2) is 33.4 Å². The normalized spacial score (nSPS) is 14.5. The van der Waals surface area contributed by atoms with Crippen LogP contribution in [0.1, 0.15) is 16.7 Å². The first kappa shape index (κ1) is 30.1. The maximum atomic E-state index is 13.0. The molecule has 212 valence electrons. The summed E-state index contributed by atoms with van der Waals surface area (Å²) in [5.74, 6) is -1.65. The Morgan fingerprint density at radius 1 is 1.15 bits per heavy atom. The molecule has 3 amide bonds. The molecule has 0 aromatic heterocycles. The van der Waals surface area contributed by atoms with Crippen molar-refractivity contribution in [2.24, 2.45) is 0 Å². The molecule has 1 aliphatic heterocycles. The molecule has 1 fully saturated rings. The number of aryl methyl sites for hydroxylation is 1. The summed E-state index contributed by atoms with van der Waals surface area (Å²) in [7, 11) is 0. The van der Waals surface area contributed by atoms with Crippen molar-refractivity contribution in [2.45, 2.75) is 13.1 Å². The minimum atomic E-state index is -4.77. The fourth-order valence-corrected chi connectivity index (χ4v) is 5.03. The highest BCUT2D eigenvalue weighted by molar-refractivity contribution is 9.10. The van der Waals surface area contributed by atoms with E-state index in [0.717, 1.165) is 16.5 Å². The predicted molar refractivity (Wildman–Crippen MR) is 150 cm³/mol. The lowest BCUT2D eigenvalue weighted by molar-refractivity contribution is -0.385. The van der Waals surface area contributed by atoms with Gasteiger partial charge in [0.05, 0.1) is 19.9 Å². The van der Waals surface area contributed by atoms with Gasteiger partial charge in [-0.05, 0) is 88.2 Å². The number of amides is 3. The van der Waals surface area contributed by atoms with E-state index in [-0.39, 0.29) is 15.1 Å². The zero-order valence-electron chi connectivity index (χ0n) is 20.6. The molecule has 41 heavy (non-hydrogen) atoms. The molecule has 4 rings (SSSR count). The fraction of sp³-hybridized carbons (Fsp3) is 0.115. The summed E-state index contributed by atoms with van der Waals surface area (Å²) in [4.78, 5) is 48.9. The Labute approximate surface area is 247 Å². The molecule has 1 saturated heterocycles. The number of benzene rings is 3. The van der Waals surface area contributed by atoms with Gasteiger partial charge in [-0.2, -0.15) is 13.2 Å². The quantitative estimate of drug-likeness (QED) is 0.155. The van der Waals surface area contributed by atoms with E-state index in [1.807, 2.05) is 0 Å². The summed E-state index contributed by atoms with van der Waals surface area (Å²) in [6, 6.07) is 11.1. The number of anilines is 1. The third kappa shape index (κ3) is 7.07. The summed E-state index contributed by atoms with van der Waals surface area (Å²) in [6.45, 7) is 1.28. The van der Waals surface area contributed by atoms with E-state index < -0.39 is 51.7 Å². The van der Waals surface area contributed by atoms with Crippen molar-refractivity contribution in [3.8, 4) is 11.5 Å². The van der Waals surface area contributed by atoms with Gasteiger partial charge in [0.25, 0.3) is 11.1 Å². The molecule has 3 aromatic carbocycles. The molecule has 0 saturated carbocycles. The highest BCUT2D eigenvalue weighted by Crippen LogP contribution is 2.40.